The number of halogens is 7. The molecule has 0 saturated carbocycles. The fourth-order valence-corrected chi connectivity index (χ4v) is 4.25. The van der Waals surface area contributed by atoms with Gasteiger partial charge in [-0.1, -0.05) is 12.1 Å². The molecule has 0 atom stereocenters. The van der Waals surface area contributed by atoms with E-state index in [1.165, 1.54) is 10.8 Å². The Kier molecular flexibility index (Phi) is 7.95. The van der Waals surface area contributed by atoms with Crippen LogP contribution in [-0.2, 0) is 20.9 Å². The van der Waals surface area contributed by atoms with E-state index in [1.54, 1.807) is 6.08 Å². The SMILES string of the molecule is O=C(Nc1ccc(F)c(C(F)(F)F)c1)Nc1cc(S(=O)(=O)NCC(F)(F)F)ccc1C1=CCOCC1. The number of urea groups is 1. The fraction of sp³-hybridized carbons (Fsp3) is 0.286. The minimum absolute atomic E-state index is 0.145. The van der Waals surface area contributed by atoms with Crippen molar-refractivity contribution in [3.8, 4) is 0 Å². The van der Waals surface area contributed by atoms with E-state index in [-0.39, 0.29) is 12.3 Å². The lowest BCUT2D eigenvalue weighted by atomic mass is 10.00. The van der Waals surface area contributed by atoms with Crippen molar-refractivity contribution in [2.75, 3.05) is 30.4 Å². The maximum absolute atomic E-state index is 13.5. The highest BCUT2D eigenvalue weighted by molar-refractivity contribution is 7.89. The Balaban J connectivity index is 1.91. The Morgan fingerprint density at radius 3 is 2.33 bits per heavy atom. The molecule has 1 heterocycles. The van der Waals surface area contributed by atoms with E-state index in [0.29, 0.717) is 36.3 Å². The Labute approximate surface area is 200 Å². The molecule has 0 bridgehead atoms. The van der Waals surface area contributed by atoms with Crippen molar-refractivity contribution >= 4 is 33.0 Å². The molecule has 3 rings (SSSR count). The van der Waals surface area contributed by atoms with Crippen molar-refractivity contribution in [3.05, 3.63) is 59.4 Å². The van der Waals surface area contributed by atoms with Crippen LogP contribution in [0, 0.1) is 5.82 Å². The summed E-state index contributed by atoms with van der Waals surface area (Å²) in [5.74, 6) is -1.55. The molecular weight excluding hydrogens is 523 g/mol. The van der Waals surface area contributed by atoms with Gasteiger partial charge in [0.1, 0.15) is 12.4 Å². The lowest BCUT2D eigenvalue weighted by Gasteiger charge is -2.19. The van der Waals surface area contributed by atoms with E-state index in [9.17, 15) is 43.9 Å². The van der Waals surface area contributed by atoms with Crippen molar-refractivity contribution in [3.63, 3.8) is 0 Å². The zero-order valence-electron chi connectivity index (χ0n) is 18.1. The minimum atomic E-state index is -5.02. The Morgan fingerprint density at radius 1 is 1.00 bits per heavy atom. The van der Waals surface area contributed by atoms with Gasteiger partial charge in [0.15, 0.2) is 0 Å². The second kappa shape index (κ2) is 10.4. The summed E-state index contributed by atoms with van der Waals surface area (Å²) in [5.41, 5.74) is -1.22. The molecule has 36 heavy (non-hydrogen) atoms. The van der Waals surface area contributed by atoms with Gasteiger partial charge in [-0.2, -0.15) is 26.3 Å². The monoisotopic (exact) mass is 541 g/mol. The van der Waals surface area contributed by atoms with Crippen LogP contribution in [0.15, 0.2) is 47.4 Å². The third-order valence-electron chi connectivity index (χ3n) is 4.85. The maximum atomic E-state index is 13.5. The summed E-state index contributed by atoms with van der Waals surface area (Å²) in [4.78, 5) is 11.9. The number of carbonyl (C=O) groups is 1. The first-order chi connectivity index (χ1) is 16.7. The zero-order chi connectivity index (χ0) is 26.7. The largest absolute Gasteiger partial charge is 0.419 e. The summed E-state index contributed by atoms with van der Waals surface area (Å²) in [6.07, 6.45) is -7.83. The van der Waals surface area contributed by atoms with Gasteiger partial charge in [-0.3, -0.25) is 0 Å². The predicted molar refractivity (Wildman–Crippen MR) is 115 cm³/mol. The predicted octanol–water partition coefficient (Wildman–Crippen LogP) is 5.13. The summed E-state index contributed by atoms with van der Waals surface area (Å²) in [6, 6.07) is 3.89. The number of anilines is 2. The van der Waals surface area contributed by atoms with Crippen LogP contribution >= 0.6 is 0 Å². The standard InChI is InChI=1S/C21H18F7N3O4S/c22-17-4-1-13(9-16(17)21(26,27)28)30-19(32)31-18-10-14(36(33,34)29-11-20(23,24)25)2-3-15(18)12-5-7-35-8-6-12/h1-5,9-10,29H,6-8,11H2,(H2,30,31,32). The molecule has 3 N–H and O–H groups in total. The summed E-state index contributed by atoms with van der Waals surface area (Å²) in [6.45, 7) is -1.31. The van der Waals surface area contributed by atoms with Crippen molar-refractivity contribution in [1.82, 2.24) is 4.72 Å². The second-order valence-electron chi connectivity index (χ2n) is 7.47. The molecule has 0 aliphatic carbocycles. The lowest BCUT2D eigenvalue weighted by molar-refractivity contribution is -0.140. The van der Waals surface area contributed by atoms with E-state index in [4.69, 9.17) is 4.74 Å². The first-order valence-electron chi connectivity index (χ1n) is 10.1. The smallest absolute Gasteiger partial charge is 0.377 e. The van der Waals surface area contributed by atoms with Crippen molar-refractivity contribution in [2.45, 2.75) is 23.7 Å². The second-order valence-corrected chi connectivity index (χ2v) is 9.24. The first kappa shape index (κ1) is 27.4. The van der Waals surface area contributed by atoms with E-state index in [1.807, 2.05) is 0 Å². The summed E-state index contributed by atoms with van der Waals surface area (Å²) < 4.78 is 121. The molecule has 1 aliphatic heterocycles. The highest BCUT2D eigenvalue weighted by Crippen LogP contribution is 2.34. The average Bonchev–Trinajstić information content (AvgIpc) is 2.78. The zero-order valence-corrected chi connectivity index (χ0v) is 18.9. The molecule has 0 spiro atoms. The molecular formula is C21H18F7N3O4S. The highest BCUT2D eigenvalue weighted by Gasteiger charge is 2.34. The molecule has 196 valence electrons. The number of nitrogens with one attached hydrogen (secondary N) is 3. The minimum Gasteiger partial charge on any atom is -0.377 e. The number of rotatable bonds is 6. The molecule has 2 aromatic carbocycles. The van der Waals surface area contributed by atoms with Crippen molar-refractivity contribution in [2.24, 2.45) is 0 Å². The Hall–Kier alpha value is -3.17. The molecule has 7 nitrogen and oxygen atoms in total. The normalized spacial score (nSPS) is 14.8. The van der Waals surface area contributed by atoms with Crippen molar-refractivity contribution in [1.29, 1.82) is 0 Å². The fourth-order valence-electron chi connectivity index (χ4n) is 3.21. The van der Waals surface area contributed by atoms with Crippen LogP contribution in [0.25, 0.3) is 5.57 Å². The van der Waals surface area contributed by atoms with E-state index < -0.39 is 56.9 Å². The quantitative estimate of drug-likeness (QED) is 0.442. The van der Waals surface area contributed by atoms with Crippen LogP contribution in [0.2, 0.25) is 0 Å². The van der Waals surface area contributed by atoms with Crippen LogP contribution in [0.3, 0.4) is 0 Å². The van der Waals surface area contributed by atoms with Gasteiger partial charge in [-0.25, -0.2) is 22.3 Å². The van der Waals surface area contributed by atoms with E-state index >= 15 is 0 Å². The summed E-state index contributed by atoms with van der Waals surface area (Å²) in [5, 5.41) is 4.38. The van der Waals surface area contributed by atoms with Gasteiger partial charge in [0.05, 0.1) is 29.4 Å². The number of ether oxygens (including phenoxy) is 1. The maximum Gasteiger partial charge on any atom is 0.419 e. The summed E-state index contributed by atoms with van der Waals surface area (Å²) >= 11 is 0. The van der Waals surface area contributed by atoms with Crippen LogP contribution < -0.4 is 15.4 Å². The number of alkyl halides is 6. The summed E-state index contributed by atoms with van der Waals surface area (Å²) in [7, 11) is -4.64. The van der Waals surface area contributed by atoms with Crippen molar-refractivity contribution < 1.29 is 48.7 Å². The van der Waals surface area contributed by atoms with Gasteiger partial charge in [0.2, 0.25) is 10.0 Å². The van der Waals surface area contributed by atoms with Crippen LogP contribution in [0.1, 0.15) is 17.5 Å². The van der Waals surface area contributed by atoms with Gasteiger partial charge in [-0.15, -0.1) is 0 Å². The van der Waals surface area contributed by atoms with Crippen LogP contribution in [0.4, 0.5) is 46.9 Å². The molecule has 15 heteroatoms. The number of benzene rings is 2. The Morgan fingerprint density at radius 2 is 1.72 bits per heavy atom. The van der Waals surface area contributed by atoms with Crippen LogP contribution in [0.5, 0.6) is 0 Å². The molecule has 0 saturated heterocycles. The Bertz CT molecular complexity index is 1280. The van der Waals surface area contributed by atoms with Gasteiger partial charge < -0.3 is 15.4 Å². The first-order valence-corrected chi connectivity index (χ1v) is 11.6. The van der Waals surface area contributed by atoms with Gasteiger partial charge in [0.25, 0.3) is 0 Å². The number of amides is 2. The highest BCUT2D eigenvalue weighted by atomic mass is 32.2. The van der Waals surface area contributed by atoms with Gasteiger partial charge >= 0.3 is 18.4 Å². The van der Waals surface area contributed by atoms with E-state index in [0.717, 1.165) is 18.2 Å². The lowest BCUT2D eigenvalue weighted by Crippen LogP contribution is -2.33. The number of sulfonamides is 1. The van der Waals surface area contributed by atoms with Crippen LogP contribution in [-0.4, -0.2) is 40.4 Å². The molecule has 0 fully saturated rings. The van der Waals surface area contributed by atoms with Gasteiger partial charge in [0, 0.05) is 11.3 Å². The average molecular weight is 541 g/mol. The molecule has 2 aromatic rings. The number of hydrogen-bond acceptors (Lipinski definition) is 4. The molecule has 1 aliphatic rings. The molecule has 0 aromatic heterocycles. The molecule has 2 amide bonds. The molecule has 0 radical (unpaired) electrons. The topological polar surface area (TPSA) is 96.5 Å². The third-order valence-corrected chi connectivity index (χ3v) is 6.25. The van der Waals surface area contributed by atoms with Gasteiger partial charge in [-0.05, 0) is 42.3 Å². The van der Waals surface area contributed by atoms with E-state index in [2.05, 4.69) is 10.6 Å². The number of carbonyl (C=O) groups excluding carboxylic acids is 1. The number of hydrogen-bond donors (Lipinski definition) is 3. The molecule has 0 unspecified atom stereocenters. The third kappa shape index (κ3) is 7.18.